The van der Waals surface area contributed by atoms with Crippen molar-refractivity contribution in [2.24, 2.45) is 0 Å². The number of phenolic OH excluding ortho intramolecular Hbond substituents is 1. The van der Waals surface area contributed by atoms with Crippen LogP contribution in [0.5, 0.6) is 34.5 Å². The van der Waals surface area contributed by atoms with E-state index in [0.29, 0.717) is 48.1 Å². The van der Waals surface area contributed by atoms with E-state index in [2.05, 4.69) is 4.74 Å². The highest BCUT2D eigenvalue weighted by molar-refractivity contribution is 6.18. The van der Waals surface area contributed by atoms with E-state index in [4.69, 9.17) is 55.6 Å². The summed E-state index contributed by atoms with van der Waals surface area (Å²) in [6.45, 7) is 3.53. The number of alkyl halides is 1. The smallest absolute Gasteiger partial charge is 0.273 e. The molecule has 6 rings (SSSR count). The fourth-order valence-corrected chi connectivity index (χ4v) is 5.89. The number of aromatic hydroxyl groups is 1. The topological polar surface area (TPSA) is 206 Å². The molecule has 0 saturated carbocycles. The number of methoxy groups -OCH3 is 3. The molecule has 0 aromatic heterocycles. The van der Waals surface area contributed by atoms with E-state index in [-0.39, 0.29) is 35.1 Å². The number of nitrogens with two attached hydrogens (primary N) is 1. The molecule has 3 aliphatic heterocycles. The molecule has 16 nitrogen and oxygen atoms in total. The zero-order valence-electron chi connectivity index (χ0n) is 32.2. The number of nitrogen functional groups attached to an aromatic ring is 1. The molecule has 3 atom stereocenters. The highest BCUT2D eigenvalue weighted by atomic mass is 35.5. The highest BCUT2D eigenvalue weighted by Gasteiger charge is 2.18. The van der Waals surface area contributed by atoms with Crippen molar-refractivity contribution in [1.82, 2.24) is 0 Å². The van der Waals surface area contributed by atoms with Crippen molar-refractivity contribution in [3.8, 4) is 34.5 Å². The molecule has 0 amide bonds. The lowest BCUT2D eigenvalue weighted by molar-refractivity contribution is -0.385. The second-order valence-corrected chi connectivity index (χ2v) is 13.2. The van der Waals surface area contributed by atoms with Gasteiger partial charge in [0.05, 0.1) is 61.6 Å². The summed E-state index contributed by atoms with van der Waals surface area (Å²) < 4.78 is 42.8. The Balaban J connectivity index is 0.000000209. The van der Waals surface area contributed by atoms with Crippen LogP contribution in [-0.4, -0.2) is 93.5 Å². The average Bonchev–Trinajstić information content (AvgIpc) is 3.24. The lowest BCUT2D eigenvalue weighted by Crippen LogP contribution is -2.25. The molecular formula is C39H54ClN3O13. The SMILES string of the molecule is COc1cc(N)ccc1OCC1CCCCO1.COc1cc([N+](=O)[O-])ccc1O.COc1cc([N+](=O)[O-])ccc1OCC1CCCCO1.ClCC1CCCCO1. The molecule has 3 heterocycles. The first kappa shape index (κ1) is 45.6. The minimum atomic E-state index is -0.554. The van der Waals surface area contributed by atoms with Crippen molar-refractivity contribution in [2.45, 2.75) is 76.1 Å². The quantitative estimate of drug-likeness (QED) is 0.0773. The third kappa shape index (κ3) is 16.1. The number of benzene rings is 3. The zero-order valence-corrected chi connectivity index (χ0v) is 33.0. The molecule has 3 fully saturated rings. The Morgan fingerprint density at radius 1 is 0.643 bits per heavy atom. The molecule has 310 valence electrons. The van der Waals surface area contributed by atoms with Crippen LogP contribution in [0.4, 0.5) is 17.1 Å². The number of nitrogens with zero attached hydrogens (tertiary/aromatic N) is 2. The van der Waals surface area contributed by atoms with E-state index in [0.717, 1.165) is 70.2 Å². The largest absolute Gasteiger partial charge is 0.504 e. The van der Waals surface area contributed by atoms with Crippen LogP contribution in [0.15, 0.2) is 54.6 Å². The Morgan fingerprint density at radius 2 is 1.07 bits per heavy atom. The number of phenols is 1. The van der Waals surface area contributed by atoms with Gasteiger partial charge in [0.2, 0.25) is 0 Å². The van der Waals surface area contributed by atoms with Crippen LogP contribution < -0.4 is 29.4 Å². The Hall–Kier alpha value is -4.77. The summed E-state index contributed by atoms with van der Waals surface area (Å²) in [7, 11) is 4.40. The molecule has 3 N–H and O–H groups in total. The van der Waals surface area contributed by atoms with Crippen LogP contribution in [0.1, 0.15) is 57.8 Å². The van der Waals surface area contributed by atoms with Crippen molar-refractivity contribution in [3.05, 3.63) is 74.8 Å². The second kappa shape index (κ2) is 25.4. The standard InChI is InChI=1S/C13H17NO5.C13H19NO3.C7H7NO4.C6H11ClO/c1-17-13-8-10(14(15)16)5-6-12(13)19-9-11-4-2-3-7-18-11;1-15-13-8-10(14)5-6-12(13)17-9-11-4-2-3-7-16-11;1-12-7-4-5(8(10)11)2-3-6(7)9;7-5-6-3-1-2-4-8-6/h5-6,8,11H,2-4,7,9H2,1H3;5-6,8,11H,2-4,7,9,14H2,1H3;2-4,9H,1H3;6H,1-5H2. The monoisotopic (exact) mass is 807 g/mol. The van der Waals surface area contributed by atoms with Gasteiger partial charge in [-0.05, 0) is 82.1 Å². The summed E-state index contributed by atoms with van der Waals surface area (Å²) >= 11 is 5.56. The summed E-state index contributed by atoms with van der Waals surface area (Å²) in [6, 6.07) is 13.3. The van der Waals surface area contributed by atoms with Crippen molar-refractivity contribution in [1.29, 1.82) is 0 Å². The van der Waals surface area contributed by atoms with E-state index >= 15 is 0 Å². The van der Waals surface area contributed by atoms with Crippen molar-refractivity contribution in [3.63, 3.8) is 0 Å². The summed E-state index contributed by atoms with van der Waals surface area (Å²) in [5.41, 5.74) is 6.23. The predicted molar refractivity (Wildman–Crippen MR) is 211 cm³/mol. The van der Waals surface area contributed by atoms with Crippen LogP contribution >= 0.6 is 11.6 Å². The minimum absolute atomic E-state index is 0.0156. The van der Waals surface area contributed by atoms with Gasteiger partial charge >= 0.3 is 0 Å². The Bertz CT molecular complexity index is 1620. The molecule has 3 unspecified atom stereocenters. The maximum Gasteiger partial charge on any atom is 0.273 e. The van der Waals surface area contributed by atoms with Crippen LogP contribution in [0.3, 0.4) is 0 Å². The molecule has 3 saturated heterocycles. The normalized spacial score (nSPS) is 18.8. The van der Waals surface area contributed by atoms with Gasteiger partial charge in [0.25, 0.3) is 11.4 Å². The predicted octanol–water partition coefficient (Wildman–Crippen LogP) is 7.88. The molecule has 0 aliphatic carbocycles. The molecule has 3 aromatic rings. The summed E-state index contributed by atoms with van der Waals surface area (Å²) in [6.07, 6.45) is 11.0. The maximum atomic E-state index is 10.7. The molecule has 56 heavy (non-hydrogen) atoms. The third-order valence-electron chi connectivity index (χ3n) is 8.76. The fourth-order valence-electron chi connectivity index (χ4n) is 5.64. The first-order valence-corrected chi connectivity index (χ1v) is 19.1. The van der Waals surface area contributed by atoms with Crippen LogP contribution in [0.2, 0.25) is 0 Å². The number of nitro groups is 2. The number of anilines is 1. The number of hydrogen-bond acceptors (Lipinski definition) is 14. The van der Waals surface area contributed by atoms with E-state index in [1.807, 2.05) is 6.07 Å². The minimum Gasteiger partial charge on any atom is -0.504 e. The maximum absolute atomic E-state index is 10.7. The molecule has 3 aromatic carbocycles. The van der Waals surface area contributed by atoms with Gasteiger partial charge in [0, 0.05) is 49.6 Å². The second-order valence-electron chi connectivity index (χ2n) is 12.9. The molecular weight excluding hydrogens is 754 g/mol. The van der Waals surface area contributed by atoms with Crippen molar-refractivity contribution in [2.75, 3.05) is 66.0 Å². The van der Waals surface area contributed by atoms with Gasteiger partial charge in [-0.1, -0.05) is 0 Å². The molecule has 0 radical (unpaired) electrons. The van der Waals surface area contributed by atoms with Gasteiger partial charge in [-0.2, -0.15) is 0 Å². The third-order valence-corrected chi connectivity index (χ3v) is 9.11. The number of nitro benzene ring substituents is 2. The lowest BCUT2D eigenvalue weighted by atomic mass is 10.1. The number of hydrogen-bond donors (Lipinski definition) is 2. The van der Waals surface area contributed by atoms with Gasteiger partial charge in [0.15, 0.2) is 34.5 Å². The van der Waals surface area contributed by atoms with Crippen LogP contribution in [-0.2, 0) is 14.2 Å². The Labute approximate surface area is 332 Å². The van der Waals surface area contributed by atoms with Gasteiger partial charge in [0.1, 0.15) is 13.2 Å². The van der Waals surface area contributed by atoms with Crippen LogP contribution in [0.25, 0.3) is 0 Å². The Kier molecular flexibility index (Phi) is 20.7. The first-order chi connectivity index (χ1) is 27.1. The number of non-ortho nitro benzene ring substituents is 2. The van der Waals surface area contributed by atoms with Gasteiger partial charge in [-0.25, -0.2) is 0 Å². The number of halogens is 1. The average molecular weight is 808 g/mol. The van der Waals surface area contributed by atoms with Crippen molar-refractivity contribution >= 4 is 28.7 Å². The number of rotatable bonds is 12. The lowest BCUT2D eigenvalue weighted by Gasteiger charge is -2.23. The van der Waals surface area contributed by atoms with Gasteiger partial charge in [-0.15, -0.1) is 11.6 Å². The fraction of sp³-hybridized carbons (Fsp3) is 0.538. The summed E-state index contributed by atoms with van der Waals surface area (Å²) in [5.74, 6) is 2.91. The van der Waals surface area contributed by atoms with Crippen LogP contribution in [0, 0.1) is 20.2 Å². The molecule has 0 bridgehead atoms. The molecule has 3 aliphatic rings. The van der Waals surface area contributed by atoms with E-state index in [9.17, 15) is 20.2 Å². The zero-order chi connectivity index (χ0) is 40.7. The first-order valence-electron chi connectivity index (χ1n) is 18.5. The molecule has 17 heteroatoms. The Morgan fingerprint density at radius 3 is 1.48 bits per heavy atom. The van der Waals surface area contributed by atoms with E-state index < -0.39 is 9.85 Å². The molecule has 0 spiro atoms. The summed E-state index contributed by atoms with van der Waals surface area (Å²) in [5, 5.41) is 30.0. The van der Waals surface area contributed by atoms with Gasteiger partial charge in [-0.3, -0.25) is 20.2 Å². The van der Waals surface area contributed by atoms with E-state index in [1.165, 1.54) is 57.7 Å². The number of ether oxygens (including phenoxy) is 8. The highest BCUT2D eigenvalue weighted by Crippen LogP contribution is 2.32. The van der Waals surface area contributed by atoms with Gasteiger partial charge < -0.3 is 48.7 Å². The van der Waals surface area contributed by atoms with E-state index in [1.54, 1.807) is 25.3 Å². The summed E-state index contributed by atoms with van der Waals surface area (Å²) in [4.78, 5) is 19.9. The van der Waals surface area contributed by atoms with Crippen molar-refractivity contribution < 1.29 is 52.8 Å².